The van der Waals surface area contributed by atoms with Crippen molar-refractivity contribution in [1.29, 1.82) is 0 Å². The van der Waals surface area contributed by atoms with E-state index in [1.165, 1.54) is 18.2 Å². The van der Waals surface area contributed by atoms with Crippen LogP contribution in [0.25, 0.3) is 17.1 Å². The molecule has 32 heavy (non-hydrogen) atoms. The van der Waals surface area contributed by atoms with Crippen molar-refractivity contribution < 1.29 is 13.9 Å². The van der Waals surface area contributed by atoms with Gasteiger partial charge in [-0.2, -0.15) is 4.98 Å². The zero-order valence-corrected chi connectivity index (χ0v) is 18.4. The molecule has 0 radical (unpaired) electrons. The molecule has 4 aromatic rings. The van der Waals surface area contributed by atoms with Crippen molar-refractivity contribution in [3.05, 3.63) is 88.2 Å². The van der Waals surface area contributed by atoms with Gasteiger partial charge in [-0.05, 0) is 61.5 Å². The highest BCUT2D eigenvalue weighted by Gasteiger charge is 2.16. The molecule has 0 fully saturated rings. The second-order valence-electron chi connectivity index (χ2n) is 6.67. The quantitative estimate of drug-likeness (QED) is 0.373. The molecule has 9 heteroatoms. The lowest BCUT2D eigenvalue weighted by atomic mass is 10.2. The van der Waals surface area contributed by atoms with Gasteiger partial charge in [0, 0.05) is 11.3 Å². The largest absolute Gasteiger partial charge is 0.463 e. The van der Waals surface area contributed by atoms with Crippen molar-refractivity contribution in [3.8, 4) is 23.1 Å². The summed E-state index contributed by atoms with van der Waals surface area (Å²) in [6.45, 7) is 2.25. The average molecular weight is 471 g/mol. The molecule has 0 aliphatic rings. The lowest BCUT2D eigenvalue weighted by Crippen LogP contribution is -2.13. The number of aromatic nitrogens is 3. The van der Waals surface area contributed by atoms with Crippen molar-refractivity contribution >= 4 is 34.8 Å². The Labute approximate surface area is 193 Å². The maximum atomic E-state index is 13.8. The van der Waals surface area contributed by atoms with Gasteiger partial charge in [0.15, 0.2) is 5.82 Å². The van der Waals surface area contributed by atoms with Crippen LogP contribution < -0.4 is 10.1 Å². The van der Waals surface area contributed by atoms with Gasteiger partial charge in [-0.1, -0.05) is 35.3 Å². The van der Waals surface area contributed by atoms with Crippen LogP contribution >= 0.6 is 23.2 Å². The summed E-state index contributed by atoms with van der Waals surface area (Å²) < 4.78 is 20.9. The number of nitrogens with zero attached hydrogens (tertiary/aromatic N) is 3. The molecule has 0 bridgehead atoms. The van der Waals surface area contributed by atoms with Crippen molar-refractivity contribution in [3.63, 3.8) is 0 Å². The number of hydrogen-bond acceptors (Lipinski definition) is 4. The molecule has 1 aromatic heterocycles. The predicted octanol–water partition coefficient (Wildman–Crippen LogP) is 6.03. The lowest BCUT2D eigenvalue weighted by Gasteiger charge is -2.09. The lowest BCUT2D eigenvalue weighted by molar-refractivity contribution is 0.102. The number of rotatable bonds is 6. The van der Waals surface area contributed by atoms with Gasteiger partial charge in [-0.3, -0.25) is 4.79 Å². The van der Waals surface area contributed by atoms with Crippen LogP contribution in [0.4, 0.5) is 10.1 Å². The molecule has 0 aliphatic heterocycles. The van der Waals surface area contributed by atoms with E-state index in [0.717, 1.165) is 0 Å². The van der Waals surface area contributed by atoms with Crippen LogP contribution in [0.5, 0.6) is 6.01 Å². The first-order valence-electron chi connectivity index (χ1n) is 9.68. The third-order valence-corrected chi connectivity index (χ3v) is 5.27. The van der Waals surface area contributed by atoms with E-state index < -0.39 is 11.7 Å². The van der Waals surface area contributed by atoms with E-state index in [-0.39, 0.29) is 11.6 Å². The SMILES string of the molecule is CCOc1nc(-c2ccc(Cl)c(Cl)c2)n(-c2ccc(NC(=O)c3ccccc3F)cc2)n1. The molecule has 0 spiro atoms. The van der Waals surface area contributed by atoms with E-state index in [4.69, 9.17) is 27.9 Å². The van der Waals surface area contributed by atoms with Gasteiger partial charge in [-0.15, -0.1) is 5.10 Å². The number of carbonyl (C=O) groups excluding carboxylic acids is 1. The van der Waals surface area contributed by atoms with Crippen LogP contribution in [0.2, 0.25) is 10.0 Å². The first-order chi connectivity index (χ1) is 15.5. The third kappa shape index (κ3) is 4.59. The summed E-state index contributed by atoms with van der Waals surface area (Å²) in [5.41, 5.74) is 1.85. The zero-order valence-electron chi connectivity index (χ0n) is 16.8. The van der Waals surface area contributed by atoms with Gasteiger partial charge in [0.1, 0.15) is 5.82 Å². The highest BCUT2D eigenvalue weighted by atomic mass is 35.5. The number of hydrogen-bond donors (Lipinski definition) is 1. The van der Waals surface area contributed by atoms with Crippen LogP contribution in [0.1, 0.15) is 17.3 Å². The third-order valence-electron chi connectivity index (χ3n) is 4.53. The Morgan fingerprint density at radius 2 is 1.81 bits per heavy atom. The molecule has 0 atom stereocenters. The molecule has 4 rings (SSSR count). The van der Waals surface area contributed by atoms with Gasteiger partial charge in [0.05, 0.1) is 27.9 Å². The Morgan fingerprint density at radius 1 is 1.06 bits per heavy atom. The standard InChI is InChI=1S/C23H17Cl2FN4O2/c1-2-32-23-28-21(14-7-12-18(24)19(25)13-14)30(29-23)16-10-8-15(9-11-16)27-22(31)17-5-3-4-6-20(17)26/h3-13H,2H2,1H3,(H,27,31). The topological polar surface area (TPSA) is 69.0 Å². The normalized spacial score (nSPS) is 10.8. The molecule has 0 unspecified atom stereocenters. The second kappa shape index (κ2) is 9.38. The van der Waals surface area contributed by atoms with Crippen molar-refractivity contribution in [2.24, 2.45) is 0 Å². The van der Waals surface area contributed by atoms with E-state index in [2.05, 4.69) is 15.4 Å². The minimum absolute atomic E-state index is 0.0314. The van der Waals surface area contributed by atoms with E-state index in [1.807, 2.05) is 6.92 Å². The molecule has 0 saturated carbocycles. The summed E-state index contributed by atoms with van der Waals surface area (Å²) in [5, 5.41) is 7.92. The highest BCUT2D eigenvalue weighted by molar-refractivity contribution is 6.42. The van der Waals surface area contributed by atoms with Gasteiger partial charge >= 0.3 is 6.01 Å². The van der Waals surface area contributed by atoms with E-state index in [1.54, 1.807) is 53.2 Å². The Kier molecular flexibility index (Phi) is 6.39. The Balaban J connectivity index is 1.64. The number of ether oxygens (including phenoxy) is 1. The zero-order chi connectivity index (χ0) is 22.7. The van der Waals surface area contributed by atoms with Crippen molar-refractivity contribution in [1.82, 2.24) is 14.8 Å². The van der Waals surface area contributed by atoms with Gasteiger partial charge < -0.3 is 10.1 Å². The summed E-state index contributed by atoms with van der Waals surface area (Å²) in [6.07, 6.45) is 0. The fourth-order valence-electron chi connectivity index (χ4n) is 3.02. The Bertz CT molecular complexity index is 1280. The maximum absolute atomic E-state index is 13.8. The number of carbonyl (C=O) groups is 1. The smallest absolute Gasteiger partial charge is 0.336 e. The molecule has 0 saturated heterocycles. The number of nitrogens with one attached hydrogen (secondary N) is 1. The van der Waals surface area contributed by atoms with Gasteiger partial charge in [0.25, 0.3) is 5.91 Å². The summed E-state index contributed by atoms with van der Waals surface area (Å²) in [4.78, 5) is 16.8. The summed E-state index contributed by atoms with van der Waals surface area (Å²) in [6, 6.07) is 18.1. The van der Waals surface area contributed by atoms with Crippen molar-refractivity contribution in [2.75, 3.05) is 11.9 Å². The summed E-state index contributed by atoms with van der Waals surface area (Å²) >= 11 is 12.2. The van der Waals surface area contributed by atoms with E-state index >= 15 is 0 Å². The second-order valence-corrected chi connectivity index (χ2v) is 7.49. The summed E-state index contributed by atoms with van der Waals surface area (Å²) in [5.74, 6) is -0.610. The van der Waals surface area contributed by atoms with E-state index in [9.17, 15) is 9.18 Å². The van der Waals surface area contributed by atoms with Gasteiger partial charge in [0.2, 0.25) is 0 Å². The first kappa shape index (κ1) is 21.8. The molecule has 162 valence electrons. The minimum Gasteiger partial charge on any atom is -0.463 e. The molecule has 3 aromatic carbocycles. The Morgan fingerprint density at radius 3 is 2.50 bits per heavy atom. The molecule has 0 aliphatic carbocycles. The highest BCUT2D eigenvalue weighted by Crippen LogP contribution is 2.30. The van der Waals surface area contributed by atoms with Crippen LogP contribution in [0, 0.1) is 5.82 Å². The molecule has 1 heterocycles. The van der Waals surface area contributed by atoms with Crippen LogP contribution in [0.15, 0.2) is 66.7 Å². The number of amides is 1. The molecule has 6 nitrogen and oxygen atoms in total. The van der Waals surface area contributed by atoms with Crippen LogP contribution in [0.3, 0.4) is 0 Å². The molecular weight excluding hydrogens is 454 g/mol. The molecular formula is C23H17Cl2FN4O2. The van der Waals surface area contributed by atoms with Crippen molar-refractivity contribution in [2.45, 2.75) is 6.92 Å². The monoisotopic (exact) mass is 470 g/mol. The Hall–Kier alpha value is -3.42. The average Bonchev–Trinajstić information content (AvgIpc) is 3.20. The van der Waals surface area contributed by atoms with Crippen LogP contribution in [-0.2, 0) is 0 Å². The van der Waals surface area contributed by atoms with Gasteiger partial charge in [-0.25, -0.2) is 9.07 Å². The summed E-state index contributed by atoms with van der Waals surface area (Å²) in [7, 11) is 0. The van der Waals surface area contributed by atoms with Crippen LogP contribution in [-0.4, -0.2) is 27.3 Å². The maximum Gasteiger partial charge on any atom is 0.336 e. The number of benzene rings is 3. The number of anilines is 1. The first-order valence-corrected chi connectivity index (χ1v) is 10.4. The molecule has 1 amide bonds. The predicted molar refractivity (Wildman–Crippen MR) is 122 cm³/mol. The fraction of sp³-hybridized carbons (Fsp3) is 0.0870. The fourth-order valence-corrected chi connectivity index (χ4v) is 3.31. The van der Waals surface area contributed by atoms with E-state index in [0.29, 0.717) is 39.4 Å². The molecule has 1 N–H and O–H groups in total. The number of halogens is 3. The minimum atomic E-state index is -0.584.